The van der Waals surface area contributed by atoms with Gasteiger partial charge in [-0.25, -0.2) is 4.98 Å². The van der Waals surface area contributed by atoms with Gasteiger partial charge in [-0.05, 0) is 31.3 Å². The van der Waals surface area contributed by atoms with E-state index in [0.29, 0.717) is 17.4 Å². The van der Waals surface area contributed by atoms with Crippen LogP contribution >= 0.6 is 0 Å². The van der Waals surface area contributed by atoms with Crippen LogP contribution in [0.25, 0.3) is 28.2 Å². The topological polar surface area (TPSA) is 95.3 Å². The van der Waals surface area contributed by atoms with Gasteiger partial charge < -0.3 is 24.6 Å². The maximum atomic E-state index is 9.68. The van der Waals surface area contributed by atoms with Gasteiger partial charge in [0.25, 0.3) is 0 Å². The van der Waals surface area contributed by atoms with Crippen LogP contribution in [0.4, 0.5) is 5.69 Å². The number of aromatic nitrogens is 5. The van der Waals surface area contributed by atoms with E-state index in [2.05, 4.69) is 38.2 Å². The highest BCUT2D eigenvalue weighted by Crippen LogP contribution is 2.32. The van der Waals surface area contributed by atoms with E-state index in [1.807, 2.05) is 12.1 Å². The molecule has 0 aliphatic carbocycles. The Kier molecular flexibility index (Phi) is 4.51. The number of methoxy groups -OCH3 is 1. The van der Waals surface area contributed by atoms with Crippen molar-refractivity contribution in [3.05, 3.63) is 42.6 Å². The van der Waals surface area contributed by atoms with Crippen molar-refractivity contribution in [2.24, 2.45) is 0 Å². The van der Waals surface area contributed by atoms with E-state index in [-0.39, 0.29) is 5.75 Å². The van der Waals surface area contributed by atoms with Gasteiger partial charge in [0.2, 0.25) is 5.95 Å². The van der Waals surface area contributed by atoms with Crippen molar-refractivity contribution in [1.29, 1.82) is 0 Å². The van der Waals surface area contributed by atoms with Crippen molar-refractivity contribution in [3.63, 3.8) is 0 Å². The zero-order valence-corrected chi connectivity index (χ0v) is 16.9. The van der Waals surface area contributed by atoms with Crippen molar-refractivity contribution < 1.29 is 9.84 Å². The Morgan fingerprint density at radius 2 is 1.93 bits per heavy atom. The van der Waals surface area contributed by atoms with Crippen molar-refractivity contribution in [2.45, 2.75) is 0 Å². The van der Waals surface area contributed by atoms with Crippen LogP contribution < -0.4 is 9.64 Å². The number of nitrogens with one attached hydrogen (secondary N) is 1. The lowest BCUT2D eigenvalue weighted by atomic mass is 10.1. The highest BCUT2D eigenvalue weighted by Gasteiger charge is 2.19. The lowest BCUT2D eigenvalue weighted by Gasteiger charge is -2.34. The van der Waals surface area contributed by atoms with Crippen molar-refractivity contribution in [1.82, 2.24) is 29.9 Å². The van der Waals surface area contributed by atoms with E-state index in [1.165, 1.54) is 0 Å². The zero-order chi connectivity index (χ0) is 20.7. The Bertz CT molecular complexity index is 1190. The highest BCUT2D eigenvalue weighted by molar-refractivity contribution is 5.89. The summed E-state index contributed by atoms with van der Waals surface area (Å²) < 4.78 is 6.99. The zero-order valence-electron chi connectivity index (χ0n) is 16.9. The van der Waals surface area contributed by atoms with Crippen LogP contribution in [-0.4, -0.2) is 75.3 Å². The molecular formula is C21H23N7O2. The lowest BCUT2D eigenvalue weighted by Crippen LogP contribution is -2.44. The number of ether oxygens (including phenoxy) is 1. The number of imidazole rings is 1. The van der Waals surface area contributed by atoms with Gasteiger partial charge in [0.1, 0.15) is 22.7 Å². The molecule has 1 fully saturated rings. The fourth-order valence-corrected chi connectivity index (χ4v) is 3.80. The first-order valence-corrected chi connectivity index (χ1v) is 9.85. The van der Waals surface area contributed by atoms with Crippen LogP contribution in [0.3, 0.4) is 0 Å². The lowest BCUT2D eigenvalue weighted by molar-refractivity contribution is 0.313. The van der Waals surface area contributed by atoms with E-state index in [1.54, 1.807) is 36.2 Å². The Labute approximate surface area is 173 Å². The van der Waals surface area contributed by atoms with Gasteiger partial charge in [-0.15, -0.1) is 5.10 Å². The molecule has 5 rings (SSSR count). The van der Waals surface area contributed by atoms with Gasteiger partial charge in [-0.2, -0.15) is 4.68 Å². The summed E-state index contributed by atoms with van der Waals surface area (Å²) in [4.78, 5) is 12.9. The second-order valence-corrected chi connectivity index (χ2v) is 7.46. The maximum Gasteiger partial charge on any atom is 0.230 e. The third kappa shape index (κ3) is 3.22. The van der Waals surface area contributed by atoms with Crippen molar-refractivity contribution in [2.75, 3.05) is 45.2 Å². The molecule has 30 heavy (non-hydrogen) atoms. The SMILES string of the molecule is COc1cc(O)ccc1-c1cn(-c2nc3c(N4CCN(C)CC4)cccc3[nH]2)nn1. The average molecular weight is 405 g/mol. The number of para-hydroxylation sites is 1. The number of phenols is 1. The van der Waals surface area contributed by atoms with E-state index >= 15 is 0 Å². The molecule has 0 amide bonds. The predicted molar refractivity (Wildman–Crippen MR) is 114 cm³/mol. The minimum absolute atomic E-state index is 0.136. The van der Waals surface area contributed by atoms with Crippen molar-refractivity contribution in [3.8, 4) is 28.7 Å². The Morgan fingerprint density at radius 3 is 2.73 bits per heavy atom. The summed E-state index contributed by atoms with van der Waals surface area (Å²) in [6.07, 6.45) is 1.79. The van der Waals surface area contributed by atoms with E-state index in [0.717, 1.165) is 48.5 Å². The molecule has 9 nitrogen and oxygen atoms in total. The molecule has 2 N–H and O–H groups in total. The summed E-state index contributed by atoms with van der Waals surface area (Å²) in [5, 5.41) is 18.2. The number of piperazine rings is 1. The number of hydrogen-bond donors (Lipinski definition) is 2. The molecule has 1 aliphatic heterocycles. The van der Waals surface area contributed by atoms with Crippen LogP contribution in [0.15, 0.2) is 42.6 Å². The number of H-pyrrole nitrogens is 1. The number of aromatic hydroxyl groups is 1. The molecule has 0 bridgehead atoms. The summed E-state index contributed by atoms with van der Waals surface area (Å²) >= 11 is 0. The number of anilines is 1. The molecule has 3 heterocycles. The molecule has 0 radical (unpaired) electrons. The summed E-state index contributed by atoms with van der Waals surface area (Å²) in [6, 6.07) is 11.1. The summed E-state index contributed by atoms with van der Waals surface area (Å²) in [5.74, 6) is 1.27. The minimum Gasteiger partial charge on any atom is -0.508 e. The number of benzene rings is 2. The quantitative estimate of drug-likeness (QED) is 0.538. The van der Waals surface area contributed by atoms with E-state index in [4.69, 9.17) is 9.72 Å². The van der Waals surface area contributed by atoms with Crippen LogP contribution in [0.5, 0.6) is 11.5 Å². The standard InChI is InChI=1S/C21H23N7O2/c1-26-8-10-27(11-9-26)18-5-3-4-16-20(18)23-21(22-16)28-13-17(24-25-28)15-7-6-14(29)12-19(15)30-2/h3-7,12-13,29H,8-11H2,1-2H3,(H,22,23). The first-order chi connectivity index (χ1) is 14.6. The maximum absolute atomic E-state index is 9.68. The number of aromatic amines is 1. The van der Waals surface area contributed by atoms with Crippen LogP contribution in [-0.2, 0) is 0 Å². The molecular weight excluding hydrogens is 382 g/mol. The molecule has 154 valence electrons. The fraction of sp³-hybridized carbons (Fsp3) is 0.286. The largest absolute Gasteiger partial charge is 0.508 e. The Morgan fingerprint density at radius 1 is 1.10 bits per heavy atom. The number of nitrogens with zero attached hydrogens (tertiary/aromatic N) is 6. The first kappa shape index (κ1) is 18.4. The number of hydrogen-bond acceptors (Lipinski definition) is 7. The Balaban J connectivity index is 1.50. The molecule has 1 saturated heterocycles. The molecule has 9 heteroatoms. The van der Waals surface area contributed by atoms with Crippen molar-refractivity contribution >= 4 is 16.7 Å². The molecule has 0 unspecified atom stereocenters. The average Bonchev–Trinajstić information content (AvgIpc) is 3.41. The smallest absolute Gasteiger partial charge is 0.230 e. The molecule has 0 spiro atoms. The molecule has 2 aromatic carbocycles. The summed E-state index contributed by atoms with van der Waals surface area (Å²) in [7, 11) is 3.71. The molecule has 4 aromatic rings. The molecule has 0 saturated carbocycles. The van der Waals surface area contributed by atoms with Gasteiger partial charge >= 0.3 is 0 Å². The monoisotopic (exact) mass is 405 g/mol. The van der Waals surface area contributed by atoms with Gasteiger partial charge in [-0.1, -0.05) is 11.3 Å². The molecule has 1 aliphatic rings. The minimum atomic E-state index is 0.136. The predicted octanol–water partition coefficient (Wildman–Crippen LogP) is 2.28. The van der Waals surface area contributed by atoms with E-state index < -0.39 is 0 Å². The van der Waals surface area contributed by atoms with Crippen LogP contribution in [0, 0.1) is 0 Å². The van der Waals surface area contributed by atoms with Gasteiger partial charge in [0, 0.05) is 37.8 Å². The van der Waals surface area contributed by atoms with Gasteiger partial charge in [0.05, 0.1) is 24.5 Å². The molecule has 2 aromatic heterocycles. The van der Waals surface area contributed by atoms with Gasteiger partial charge in [0.15, 0.2) is 0 Å². The Hall–Kier alpha value is -3.59. The highest BCUT2D eigenvalue weighted by atomic mass is 16.5. The fourth-order valence-electron chi connectivity index (χ4n) is 3.80. The number of phenolic OH excluding ortho intramolecular Hbond substituents is 1. The summed E-state index contributed by atoms with van der Waals surface area (Å²) in [5.41, 5.74) is 4.39. The number of fused-ring (bicyclic) bond motifs is 1. The molecule has 0 atom stereocenters. The van der Waals surface area contributed by atoms with Crippen LogP contribution in [0.1, 0.15) is 0 Å². The second kappa shape index (κ2) is 7.34. The third-order valence-electron chi connectivity index (χ3n) is 5.49. The second-order valence-electron chi connectivity index (χ2n) is 7.46. The third-order valence-corrected chi connectivity index (χ3v) is 5.49. The first-order valence-electron chi connectivity index (χ1n) is 9.85. The van der Waals surface area contributed by atoms with E-state index in [9.17, 15) is 5.11 Å². The van der Waals surface area contributed by atoms with Crippen LogP contribution in [0.2, 0.25) is 0 Å². The summed E-state index contributed by atoms with van der Waals surface area (Å²) in [6.45, 7) is 4.03. The number of rotatable bonds is 4. The number of likely N-dealkylation sites (N-methyl/N-ethyl adjacent to an activating group) is 1. The normalized spacial score (nSPS) is 15.1. The van der Waals surface area contributed by atoms with Gasteiger partial charge in [-0.3, -0.25) is 0 Å².